The van der Waals surface area contributed by atoms with Crippen LogP contribution in [-0.4, -0.2) is 131 Å². The number of likely N-dealkylation sites (N-methyl/N-ethyl adjacent to an activating group) is 1. The van der Waals surface area contributed by atoms with Crippen molar-refractivity contribution in [2.75, 3.05) is 64.9 Å². The second-order valence-electron chi connectivity index (χ2n) is 17.0. The summed E-state index contributed by atoms with van der Waals surface area (Å²) in [5, 5.41) is 29.2. The van der Waals surface area contributed by atoms with Crippen LogP contribution in [-0.2, 0) is 26.0 Å². The second kappa shape index (κ2) is 17.5. The van der Waals surface area contributed by atoms with Crippen molar-refractivity contribution in [1.29, 1.82) is 0 Å². The Morgan fingerprint density at radius 3 is 2.35 bits per heavy atom. The summed E-state index contributed by atoms with van der Waals surface area (Å²) in [7, 11) is 4.32. The highest BCUT2D eigenvalue weighted by Gasteiger charge is 2.54. The van der Waals surface area contributed by atoms with E-state index in [9.17, 15) is 28.2 Å². The molecule has 3 saturated carbocycles. The van der Waals surface area contributed by atoms with Gasteiger partial charge < -0.3 is 35.4 Å². The first-order valence-corrected chi connectivity index (χ1v) is 21.6. The van der Waals surface area contributed by atoms with E-state index in [0.717, 1.165) is 35.2 Å². The molecule has 1 saturated heterocycles. The normalized spacial score (nSPS) is 25.9. The summed E-state index contributed by atoms with van der Waals surface area (Å²) in [6, 6.07) is 10.1. The highest BCUT2D eigenvalue weighted by molar-refractivity contribution is 7.90. The third kappa shape index (κ3) is 10.0. The van der Waals surface area contributed by atoms with Crippen LogP contribution < -0.4 is 20.3 Å². The molecule has 2 aromatic rings. The third-order valence-corrected chi connectivity index (χ3v) is 13.0. The van der Waals surface area contributed by atoms with Gasteiger partial charge in [-0.1, -0.05) is 32.0 Å². The third-order valence-electron chi connectivity index (χ3n) is 12.0. The Bertz CT molecular complexity index is 1770. The van der Waals surface area contributed by atoms with Crippen molar-refractivity contribution in [2.24, 2.45) is 23.2 Å². The molecule has 1 heterocycles. The fraction of sp³-hybridized carbons (Fsp3) is 0.659. The van der Waals surface area contributed by atoms with E-state index < -0.39 is 34.0 Å². The maximum atomic E-state index is 14.2. The predicted molar refractivity (Wildman–Crippen MR) is 215 cm³/mol. The SMILES string of the molecule is CCOc1c(CN2O[C@@H](CO)[C@@H]([C@H](C)O)[C@H]2C(=O)N[C@@H]2C[C@@H]3C[C@H](C2)C3(C)C)cccc1-c1cc(C(=O)N[C@@H](CCS(C)(=O)=O)CN(C)C)cc(N(C)C)c1. The van der Waals surface area contributed by atoms with E-state index in [4.69, 9.17) is 9.57 Å². The molecule has 1 aliphatic heterocycles. The topological polar surface area (TPSA) is 161 Å². The monoisotopic (exact) mass is 785 g/mol. The van der Waals surface area contributed by atoms with Crippen molar-refractivity contribution < 1.29 is 37.8 Å². The molecule has 4 N–H and O–H groups in total. The number of hydroxylamine groups is 2. The Morgan fingerprint density at radius 2 is 1.78 bits per heavy atom. The van der Waals surface area contributed by atoms with Gasteiger partial charge in [-0.15, -0.1) is 0 Å². The molecular formula is C41H63N5O8S. The van der Waals surface area contributed by atoms with Crippen LogP contribution in [0.5, 0.6) is 5.75 Å². The molecular weight excluding hydrogens is 723 g/mol. The summed E-state index contributed by atoms with van der Waals surface area (Å²) in [4.78, 5) is 38.1. The number of nitrogens with zero attached hydrogens (tertiary/aromatic N) is 3. The van der Waals surface area contributed by atoms with Gasteiger partial charge in [0.2, 0.25) is 5.91 Å². The molecule has 55 heavy (non-hydrogen) atoms. The van der Waals surface area contributed by atoms with Gasteiger partial charge in [-0.2, -0.15) is 5.06 Å². The number of carbonyl (C=O) groups is 2. The van der Waals surface area contributed by atoms with Crippen LogP contribution in [0.25, 0.3) is 11.1 Å². The van der Waals surface area contributed by atoms with E-state index in [1.807, 2.05) is 69.2 Å². The molecule has 4 fully saturated rings. The minimum Gasteiger partial charge on any atom is -0.493 e. The lowest BCUT2D eigenvalue weighted by Gasteiger charge is -2.59. The van der Waals surface area contributed by atoms with Gasteiger partial charge >= 0.3 is 0 Å². The zero-order valence-corrected chi connectivity index (χ0v) is 34.9. The molecule has 2 aromatic carbocycles. The number of hydrogen-bond acceptors (Lipinski definition) is 11. The number of nitrogens with one attached hydrogen (secondary N) is 2. The summed E-state index contributed by atoms with van der Waals surface area (Å²) in [6.07, 6.45) is 2.82. The van der Waals surface area contributed by atoms with Crippen LogP contribution in [0.15, 0.2) is 36.4 Å². The Morgan fingerprint density at radius 1 is 1.09 bits per heavy atom. The van der Waals surface area contributed by atoms with E-state index in [-0.39, 0.29) is 49.2 Å². The number of aliphatic hydroxyl groups is 2. The van der Waals surface area contributed by atoms with Crippen molar-refractivity contribution in [3.8, 4) is 16.9 Å². The Kier molecular flexibility index (Phi) is 13.6. The van der Waals surface area contributed by atoms with E-state index in [1.54, 1.807) is 24.1 Å². The van der Waals surface area contributed by atoms with Crippen molar-refractivity contribution in [3.63, 3.8) is 0 Å². The molecule has 2 amide bonds. The molecule has 6 rings (SSSR count). The zero-order valence-electron chi connectivity index (χ0n) is 34.0. The van der Waals surface area contributed by atoms with Crippen LogP contribution in [0.3, 0.4) is 0 Å². The molecule has 8 atom stereocenters. The van der Waals surface area contributed by atoms with Gasteiger partial charge in [-0.3, -0.25) is 14.4 Å². The first-order chi connectivity index (χ1) is 25.8. The van der Waals surface area contributed by atoms with Crippen molar-refractivity contribution >= 4 is 27.3 Å². The number of aliphatic hydroxyl groups excluding tert-OH is 2. The Balaban J connectivity index is 1.46. The fourth-order valence-corrected chi connectivity index (χ4v) is 9.55. The number of ether oxygens (including phenoxy) is 1. The van der Waals surface area contributed by atoms with Gasteiger partial charge in [0.25, 0.3) is 5.91 Å². The van der Waals surface area contributed by atoms with Gasteiger partial charge in [0.05, 0.1) is 31.6 Å². The number of para-hydroxylation sites is 1. The lowest BCUT2D eigenvalue weighted by Crippen LogP contribution is -2.58. The van der Waals surface area contributed by atoms with E-state index in [1.165, 1.54) is 12.7 Å². The molecule has 2 bridgehead atoms. The van der Waals surface area contributed by atoms with Crippen molar-refractivity contribution in [1.82, 2.24) is 20.6 Å². The predicted octanol–water partition coefficient (Wildman–Crippen LogP) is 3.33. The van der Waals surface area contributed by atoms with Crippen molar-refractivity contribution in [3.05, 3.63) is 47.5 Å². The number of rotatable bonds is 17. The van der Waals surface area contributed by atoms with E-state index in [0.29, 0.717) is 41.7 Å². The second-order valence-corrected chi connectivity index (χ2v) is 19.3. The fourth-order valence-electron chi connectivity index (χ4n) is 8.84. The Labute approximate surface area is 327 Å². The molecule has 306 valence electrons. The molecule has 14 heteroatoms. The minimum atomic E-state index is -3.22. The number of fused-ring (bicyclic) bond motifs is 2. The average Bonchev–Trinajstić information content (AvgIpc) is 3.49. The van der Waals surface area contributed by atoms with Gasteiger partial charge in [0.15, 0.2) is 0 Å². The number of hydrogen-bond donors (Lipinski definition) is 4. The average molecular weight is 786 g/mol. The smallest absolute Gasteiger partial charge is 0.251 e. The van der Waals surface area contributed by atoms with Crippen molar-refractivity contribution in [2.45, 2.75) is 90.3 Å². The van der Waals surface area contributed by atoms with E-state index in [2.05, 4.69) is 24.5 Å². The van der Waals surface area contributed by atoms with Gasteiger partial charge in [-0.25, -0.2) is 8.42 Å². The standard InChI is InChI=1S/C41H63N5O8S/c1-10-53-38-26(22-46-37(36(25(2)48)35(24-47)54-46)40(50)43-32-20-29-19-30(21-32)41(29,3)4)12-11-13-34(38)27-16-28(18-33(17-27)45(7)8)39(49)42-31(23-44(5)6)14-15-55(9,51)52/h11-13,16-18,25,29-32,35-37,47-48H,10,14-15,19-24H2,1-9H3,(H,42,49)(H,43,50)/t25-,29-,30+,31-,32+,35-,36+,37-/m0/s1. The van der Waals surface area contributed by atoms with E-state index >= 15 is 0 Å². The number of amides is 2. The van der Waals surface area contributed by atoms with Gasteiger partial charge in [-0.05, 0) is 94.6 Å². The molecule has 3 aliphatic carbocycles. The Hall–Kier alpha value is -3.27. The van der Waals surface area contributed by atoms with Gasteiger partial charge in [0.1, 0.15) is 27.7 Å². The minimum absolute atomic E-state index is 0.0423. The first kappa shape index (κ1) is 42.9. The lowest BCUT2D eigenvalue weighted by molar-refractivity contribution is -0.182. The summed E-state index contributed by atoms with van der Waals surface area (Å²) >= 11 is 0. The molecule has 0 aromatic heterocycles. The summed E-state index contributed by atoms with van der Waals surface area (Å²) in [5.74, 6) is 0.446. The molecule has 4 aliphatic rings. The molecule has 13 nitrogen and oxygen atoms in total. The maximum Gasteiger partial charge on any atom is 0.251 e. The lowest BCUT2D eigenvalue weighted by atomic mass is 9.48. The van der Waals surface area contributed by atoms with Crippen LogP contribution in [0.1, 0.15) is 69.3 Å². The number of benzene rings is 2. The summed E-state index contributed by atoms with van der Waals surface area (Å²) in [6.45, 7) is 8.74. The molecule has 0 unspecified atom stereocenters. The first-order valence-electron chi connectivity index (χ1n) is 19.6. The number of sulfone groups is 1. The van der Waals surface area contributed by atoms with Crippen LogP contribution in [0.2, 0.25) is 0 Å². The highest BCUT2D eigenvalue weighted by atomic mass is 32.2. The number of carbonyl (C=O) groups excluding carboxylic acids is 2. The zero-order chi connectivity index (χ0) is 40.4. The van der Waals surface area contributed by atoms with Crippen LogP contribution >= 0.6 is 0 Å². The number of anilines is 1. The quantitative estimate of drug-likeness (QED) is 0.186. The molecule has 0 radical (unpaired) electrons. The van der Waals surface area contributed by atoms with Gasteiger partial charge in [0, 0.05) is 67.3 Å². The largest absolute Gasteiger partial charge is 0.493 e. The maximum absolute atomic E-state index is 14.2. The summed E-state index contributed by atoms with van der Waals surface area (Å²) in [5.41, 5.74) is 3.67. The molecule has 0 spiro atoms. The summed E-state index contributed by atoms with van der Waals surface area (Å²) < 4.78 is 30.3. The van der Waals surface area contributed by atoms with Crippen LogP contribution in [0.4, 0.5) is 5.69 Å². The van der Waals surface area contributed by atoms with Crippen LogP contribution in [0, 0.1) is 23.2 Å². The highest BCUT2D eigenvalue weighted by Crippen LogP contribution is 2.59.